The second kappa shape index (κ2) is 5.94. The number of aliphatic hydroxyl groups is 2. The van der Waals surface area contributed by atoms with Crippen LogP contribution in [0.4, 0.5) is 0 Å². The summed E-state index contributed by atoms with van der Waals surface area (Å²) in [6, 6.07) is 0. The monoisotopic (exact) mass is 161 g/mol. The van der Waals surface area contributed by atoms with Crippen molar-refractivity contribution >= 4 is 5.91 Å². The lowest BCUT2D eigenvalue weighted by Crippen LogP contribution is -2.03. The van der Waals surface area contributed by atoms with E-state index < -0.39 is 12.2 Å². The van der Waals surface area contributed by atoms with Crippen LogP contribution in [0.5, 0.6) is 0 Å². The van der Waals surface area contributed by atoms with Crippen LogP contribution < -0.4 is 0 Å². The first-order chi connectivity index (χ1) is 5.16. The largest absolute Gasteiger partial charge is 0.368 e. The molecule has 5 heteroatoms. The average Bonchev–Trinajstić information content (AvgIpc) is 1.97. The lowest BCUT2D eigenvalue weighted by atomic mass is 10.2. The SMILES string of the molecule is O=NC(=O)CCCCC(O)O. The van der Waals surface area contributed by atoms with Crippen LogP contribution in [-0.2, 0) is 4.79 Å². The minimum absolute atomic E-state index is 0.0935. The molecule has 0 aliphatic rings. The highest BCUT2D eigenvalue weighted by Gasteiger charge is 2.01. The van der Waals surface area contributed by atoms with Gasteiger partial charge < -0.3 is 10.2 Å². The zero-order valence-corrected chi connectivity index (χ0v) is 6.06. The van der Waals surface area contributed by atoms with Crippen LogP contribution >= 0.6 is 0 Å². The summed E-state index contributed by atoms with van der Waals surface area (Å²) in [5, 5.41) is 18.9. The normalized spacial score (nSPS) is 10.1. The van der Waals surface area contributed by atoms with Gasteiger partial charge in [-0.05, 0) is 19.3 Å². The molecule has 64 valence electrons. The van der Waals surface area contributed by atoms with Crippen molar-refractivity contribution in [3.05, 3.63) is 4.91 Å². The number of nitroso groups, excluding NO2 is 1. The van der Waals surface area contributed by atoms with E-state index in [9.17, 15) is 9.70 Å². The summed E-state index contributed by atoms with van der Waals surface area (Å²) >= 11 is 0. The number of carbonyl (C=O) groups is 1. The third-order valence-corrected chi connectivity index (χ3v) is 1.20. The molecule has 0 aliphatic carbocycles. The summed E-state index contributed by atoms with van der Waals surface area (Å²) < 4.78 is 0. The quantitative estimate of drug-likeness (QED) is 0.341. The van der Waals surface area contributed by atoms with Crippen LogP contribution in [0.3, 0.4) is 0 Å². The molecule has 2 N–H and O–H groups in total. The highest BCUT2D eigenvalue weighted by Crippen LogP contribution is 2.02. The van der Waals surface area contributed by atoms with Gasteiger partial charge in [-0.1, -0.05) is 0 Å². The van der Waals surface area contributed by atoms with E-state index in [1.54, 1.807) is 0 Å². The third-order valence-electron chi connectivity index (χ3n) is 1.20. The van der Waals surface area contributed by atoms with E-state index in [0.29, 0.717) is 12.8 Å². The van der Waals surface area contributed by atoms with Gasteiger partial charge in [0.15, 0.2) is 6.29 Å². The van der Waals surface area contributed by atoms with Gasteiger partial charge in [-0.25, -0.2) is 0 Å². The van der Waals surface area contributed by atoms with Gasteiger partial charge in [0.05, 0.1) is 0 Å². The van der Waals surface area contributed by atoms with Crippen LogP contribution in [0, 0.1) is 4.91 Å². The van der Waals surface area contributed by atoms with Crippen molar-refractivity contribution in [2.75, 3.05) is 0 Å². The molecule has 0 heterocycles. The molecule has 0 aromatic heterocycles. The minimum Gasteiger partial charge on any atom is -0.368 e. The zero-order chi connectivity index (χ0) is 8.69. The predicted molar refractivity (Wildman–Crippen MR) is 37.5 cm³/mol. The van der Waals surface area contributed by atoms with E-state index in [4.69, 9.17) is 10.2 Å². The number of carbonyl (C=O) groups excluding carboxylic acids is 1. The van der Waals surface area contributed by atoms with E-state index in [1.165, 1.54) is 0 Å². The number of hydrogen-bond acceptors (Lipinski definition) is 4. The Labute approximate surface area is 64.0 Å². The maximum Gasteiger partial charge on any atom is 0.286 e. The lowest BCUT2D eigenvalue weighted by molar-refractivity contribution is -0.118. The molecule has 0 saturated carbocycles. The Kier molecular flexibility index (Phi) is 5.50. The van der Waals surface area contributed by atoms with Gasteiger partial charge in [0.1, 0.15) is 0 Å². The Hall–Kier alpha value is -0.810. The maximum absolute atomic E-state index is 10.3. The number of nitrogens with zero attached hydrogens (tertiary/aromatic N) is 1. The summed E-state index contributed by atoms with van der Waals surface area (Å²) in [5.41, 5.74) is 0. The van der Waals surface area contributed by atoms with Crippen molar-refractivity contribution in [3.63, 3.8) is 0 Å². The molecule has 5 nitrogen and oxygen atoms in total. The fraction of sp³-hybridized carbons (Fsp3) is 0.833. The Morgan fingerprint density at radius 2 is 2.00 bits per heavy atom. The van der Waals surface area contributed by atoms with Crippen LogP contribution in [0.1, 0.15) is 25.7 Å². The first kappa shape index (κ1) is 10.2. The Morgan fingerprint density at radius 3 is 2.45 bits per heavy atom. The molecule has 0 spiro atoms. The molecule has 0 unspecified atom stereocenters. The summed E-state index contributed by atoms with van der Waals surface area (Å²) in [5.74, 6) is -0.683. The molecular weight excluding hydrogens is 150 g/mol. The van der Waals surface area contributed by atoms with Crippen molar-refractivity contribution < 1.29 is 15.0 Å². The maximum atomic E-state index is 10.3. The molecule has 0 aromatic carbocycles. The van der Waals surface area contributed by atoms with E-state index in [0.717, 1.165) is 0 Å². The summed E-state index contributed by atoms with van der Waals surface area (Å²) in [6.07, 6.45) is -0.0157. The van der Waals surface area contributed by atoms with Crippen molar-refractivity contribution in [2.24, 2.45) is 5.18 Å². The molecule has 0 radical (unpaired) electrons. The van der Waals surface area contributed by atoms with Crippen LogP contribution in [-0.4, -0.2) is 22.4 Å². The highest BCUT2D eigenvalue weighted by atomic mass is 16.5. The molecule has 0 bridgehead atoms. The lowest BCUT2D eigenvalue weighted by Gasteiger charge is -1.99. The van der Waals surface area contributed by atoms with Crippen LogP contribution in [0.2, 0.25) is 0 Å². The van der Waals surface area contributed by atoms with Crippen molar-refractivity contribution in [1.82, 2.24) is 0 Å². The van der Waals surface area contributed by atoms with Crippen molar-refractivity contribution in [3.8, 4) is 0 Å². The second-order valence-electron chi connectivity index (χ2n) is 2.21. The predicted octanol–water partition coefficient (Wildman–Crippen LogP) is 0.150. The van der Waals surface area contributed by atoms with Gasteiger partial charge in [-0.15, -0.1) is 4.91 Å². The molecular formula is C6H11NO4. The summed E-state index contributed by atoms with van der Waals surface area (Å²) in [7, 11) is 0. The van der Waals surface area contributed by atoms with Gasteiger partial charge in [-0.3, -0.25) is 4.79 Å². The van der Waals surface area contributed by atoms with E-state index in [-0.39, 0.29) is 12.8 Å². The first-order valence-corrected chi connectivity index (χ1v) is 3.39. The zero-order valence-electron chi connectivity index (χ0n) is 6.06. The second-order valence-corrected chi connectivity index (χ2v) is 2.21. The van der Waals surface area contributed by atoms with Gasteiger partial charge >= 0.3 is 0 Å². The Morgan fingerprint density at radius 1 is 1.36 bits per heavy atom. The molecule has 11 heavy (non-hydrogen) atoms. The fourth-order valence-corrected chi connectivity index (χ4v) is 0.649. The molecule has 0 saturated heterocycles. The van der Waals surface area contributed by atoms with Gasteiger partial charge in [0.25, 0.3) is 5.91 Å². The first-order valence-electron chi connectivity index (χ1n) is 3.39. The van der Waals surface area contributed by atoms with Crippen molar-refractivity contribution in [1.29, 1.82) is 0 Å². The molecule has 1 amide bonds. The molecule has 0 aliphatic heterocycles. The van der Waals surface area contributed by atoms with Gasteiger partial charge in [0, 0.05) is 11.6 Å². The molecule has 0 aromatic rings. The topological polar surface area (TPSA) is 87.0 Å². The average molecular weight is 161 g/mol. The number of amides is 1. The Balaban J connectivity index is 3.14. The third kappa shape index (κ3) is 7.08. The van der Waals surface area contributed by atoms with Crippen molar-refractivity contribution in [2.45, 2.75) is 32.0 Å². The number of unbranched alkanes of at least 4 members (excludes halogenated alkanes) is 1. The number of rotatable bonds is 5. The molecule has 0 fully saturated rings. The van der Waals surface area contributed by atoms with Gasteiger partial charge in [-0.2, -0.15) is 0 Å². The number of hydrogen-bond donors (Lipinski definition) is 2. The van der Waals surface area contributed by atoms with E-state index in [1.807, 2.05) is 0 Å². The number of aliphatic hydroxyl groups excluding tert-OH is 1. The summed E-state index contributed by atoms with van der Waals surface area (Å²) in [4.78, 5) is 19.8. The smallest absolute Gasteiger partial charge is 0.286 e. The van der Waals surface area contributed by atoms with Crippen LogP contribution in [0.25, 0.3) is 0 Å². The summed E-state index contributed by atoms with van der Waals surface area (Å²) in [6.45, 7) is 0. The highest BCUT2D eigenvalue weighted by molar-refractivity contribution is 5.76. The Bertz CT molecular complexity index is 135. The standard InChI is InChI=1S/C6H11NO4/c8-5(7-11)3-1-2-4-6(9)10/h6,9-10H,1-4H2. The molecule has 0 atom stereocenters. The van der Waals surface area contributed by atoms with E-state index >= 15 is 0 Å². The van der Waals surface area contributed by atoms with Crippen LogP contribution in [0.15, 0.2) is 5.18 Å². The minimum atomic E-state index is -1.32. The molecule has 0 rings (SSSR count). The van der Waals surface area contributed by atoms with E-state index in [2.05, 4.69) is 5.18 Å². The van der Waals surface area contributed by atoms with Gasteiger partial charge in [0.2, 0.25) is 0 Å². The fourth-order valence-electron chi connectivity index (χ4n) is 0.649.